The van der Waals surface area contributed by atoms with E-state index < -0.39 is 5.91 Å². The van der Waals surface area contributed by atoms with Crippen molar-refractivity contribution in [1.29, 1.82) is 0 Å². The van der Waals surface area contributed by atoms with Crippen LogP contribution in [-0.4, -0.2) is 23.2 Å². The van der Waals surface area contributed by atoms with Gasteiger partial charge >= 0.3 is 0 Å². The maximum atomic E-state index is 11.4. The van der Waals surface area contributed by atoms with Gasteiger partial charge in [-0.25, -0.2) is 0 Å². The third-order valence-corrected chi connectivity index (χ3v) is 3.88. The number of benzene rings is 1. The van der Waals surface area contributed by atoms with E-state index in [1.54, 1.807) is 18.2 Å². The van der Waals surface area contributed by atoms with Crippen LogP contribution in [0.15, 0.2) is 40.2 Å². The van der Waals surface area contributed by atoms with E-state index in [1.807, 2.05) is 17.5 Å². The lowest BCUT2D eigenvalue weighted by atomic mass is 10.2. The van der Waals surface area contributed by atoms with Crippen molar-refractivity contribution in [3.05, 3.63) is 47.2 Å². The van der Waals surface area contributed by atoms with E-state index in [2.05, 4.69) is 10.1 Å². The number of nitrogens with two attached hydrogens (primary N) is 1. The first-order valence-electron chi connectivity index (χ1n) is 6.64. The van der Waals surface area contributed by atoms with Crippen LogP contribution in [-0.2, 0) is 6.61 Å². The summed E-state index contributed by atoms with van der Waals surface area (Å²) >= 11 is 1.51. The molecule has 1 amide bonds. The molecule has 0 spiro atoms. The molecule has 0 saturated heterocycles. The summed E-state index contributed by atoms with van der Waals surface area (Å²) in [6, 6.07) is 8.56. The van der Waals surface area contributed by atoms with E-state index in [9.17, 15) is 4.79 Å². The number of rotatable bonds is 6. The first kappa shape index (κ1) is 15.0. The van der Waals surface area contributed by atoms with Gasteiger partial charge in [0.05, 0.1) is 17.6 Å². The molecule has 0 aliphatic carbocycles. The second-order valence-corrected chi connectivity index (χ2v) is 5.45. The average Bonchev–Trinajstić information content (AvgIpc) is 3.23. The summed E-state index contributed by atoms with van der Waals surface area (Å²) in [4.78, 5) is 16.6. The third-order valence-electron chi connectivity index (χ3n) is 3.02. The number of aromatic nitrogens is 2. The van der Waals surface area contributed by atoms with E-state index in [-0.39, 0.29) is 12.2 Å². The highest BCUT2D eigenvalue weighted by atomic mass is 32.1. The smallest absolute Gasteiger partial charge is 0.264 e. The van der Waals surface area contributed by atoms with E-state index in [1.165, 1.54) is 18.4 Å². The second kappa shape index (κ2) is 6.49. The van der Waals surface area contributed by atoms with Gasteiger partial charge in [0.1, 0.15) is 11.5 Å². The zero-order chi connectivity index (χ0) is 16.2. The van der Waals surface area contributed by atoms with Crippen molar-refractivity contribution in [2.45, 2.75) is 6.61 Å². The Morgan fingerprint density at radius 2 is 2.26 bits per heavy atom. The number of hydrogen-bond donors (Lipinski definition) is 1. The first-order chi connectivity index (χ1) is 11.2. The SMILES string of the molecule is COc1ccc(C(N)=O)c(OCc2nc(-c3cccs3)no2)c1. The van der Waals surface area contributed by atoms with Crippen LogP contribution in [0.2, 0.25) is 0 Å². The van der Waals surface area contributed by atoms with E-state index in [0.717, 1.165) is 4.88 Å². The second-order valence-electron chi connectivity index (χ2n) is 4.50. The maximum absolute atomic E-state index is 11.4. The van der Waals surface area contributed by atoms with Gasteiger partial charge in [0.25, 0.3) is 11.8 Å². The molecule has 0 atom stereocenters. The van der Waals surface area contributed by atoms with Crippen molar-refractivity contribution >= 4 is 17.2 Å². The molecule has 0 aliphatic heterocycles. The third kappa shape index (κ3) is 3.32. The normalized spacial score (nSPS) is 10.5. The van der Waals surface area contributed by atoms with Crippen molar-refractivity contribution in [3.63, 3.8) is 0 Å². The largest absolute Gasteiger partial charge is 0.497 e. The molecule has 7 nitrogen and oxygen atoms in total. The minimum Gasteiger partial charge on any atom is -0.497 e. The number of carbonyl (C=O) groups excluding carboxylic acids is 1. The molecule has 0 radical (unpaired) electrons. The monoisotopic (exact) mass is 331 g/mol. The Hall–Kier alpha value is -2.87. The predicted octanol–water partition coefficient (Wildman–Crippen LogP) is 2.48. The number of nitrogens with zero attached hydrogens (tertiary/aromatic N) is 2. The van der Waals surface area contributed by atoms with Crippen LogP contribution in [0, 0.1) is 0 Å². The number of ether oxygens (including phenoxy) is 2. The molecular formula is C15H13N3O4S. The maximum Gasteiger partial charge on any atom is 0.264 e. The van der Waals surface area contributed by atoms with Gasteiger partial charge in [-0.1, -0.05) is 11.2 Å². The lowest BCUT2D eigenvalue weighted by Gasteiger charge is -2.09. The van der Waals surface area contributed by atoms with Crippen LogP contribution in [0.4, 0.5) is 0 Å². The number of hydrogen-bond acceptors (Lipinski definition) is 7. The Balaban J connectivity index is 1.76. The van der Waals surface area contributed by atoms with Gasteiger partial charge in [0.15, 0.2) is 6.61 Å². The average molecular weight is 331 g/mol. The van der Waals surface area contributed by atoms with Gasteiger partial charge in [-0.05, 0) is 23.6 Å². The predicted molar refractivity (Wildman–Crippen MR) is 83.5 cm³/mol. The highest BCUT2D eigenvalue weighted by Gasteiger charge is 2.14. The summed E-state index contributed by atoms with van der Waals surface area (Å²) in [6.45, 7) is 0.0197. The molecule has 1 aromatic carbocycles. The zero-order valence-electron chi connectivity index (χ0n) is 12.2. The summed E-state index contributed by atoms with van der Waals surface area (Å²) in [5.41, 5.74) is 5.59. The van der Waals surface area contributed by atoms with Gasteiger partial charge in [0.2, 0.25) is 5.82 Å². The van der Waals surface area contributed by atoms with E-state index in [4.69, 9.17) is 19.7 Å². The minimum atomic E-state index is -0.590. The molecule has 0 aliphatic rings. The van der Waals surface area contributed by atoms with Crippen molar-refractivity contribution < 1.29 is 18.8 Å². The fourth-order valence-corrected chi connectivity index (χ4v) is 2.56. The molecule has 8 heteroatoms. The highest BCUT2D eigenvalue weighted by Crippen LogP contribution is 2.26. The molecule has 3 aromatic rings. The van der Waals surface area contributed by atoms with Gasteiger partial charge in [-0.15, -0.1) is 11.3 Å². The Kier molecular flexibility index (Phi) is 4.24. The quantitative estimate of drug-likeness (QED) is 0.745. The summed E-state index contributed by atoms with van der Waals surface area (Å²) in [5, 5.41) is 5.82. The Morgan fingerprint density at radius 3 is 2.96 bits per heavy atom. The van der Waals surface area contributed by atoms with E-state index >= 15 is 0 Å². The van der Waals surface area contributed by atoms with Crippen LogP contribution >= 0.6 is 11.3 Å². The van der Waals surface area contributed by atoms with Crippen LogP contribution in [0.1, 0.15) is 16.2 Å². The number of methoxy groups -OCH3 is 1. The van der Waals surface area contributed by atoms with Crippen molar-refractivity contribution in [2.75, 3.05) is 7.11 Å². The molecule has 23 heavy (non-hydrogen) atoms. The summed E-state index contributed by atoms with van der Waals surface area (Å²) in [7, 11) is 1.52. The lowest BCUT2D eigenvalue weighted by Crippen LogP contribution is -2.13. The Morgan fingerprint density at radius 1 is 1.39 bits per heavy atom. The molecule has 2 N–H and O–H groups in total. The standard InChI is InChI=1S/C15H13N3O4S/c1-20-9-4-5-10(14(16)19)11(7-9)21-8-13-17-15(18-22-13)12-3-2-6-23-12/h2-7H,8H2,1H3,(H2,16,19). The highest BCUT2D eigenvalue weighted by molar-refractivity contribution is 7.13. The van der Waals surface area contributed by atoms with Gasteiger partial charge in [-0.2, -0.15) is 4.98 Å². The number of carbonyl (C=O) groups is 1. The van der Waals surface area contributed by atoms with E-state index in [0.29, 0.717) is 23.2 Å². The molecule has 0 unspecified atom stereocenters. The topological polar surface area (TPSA) is 100 Å². The molecule has 2 aromatic heterocycles. The molecule has 118 valence electrons. The van der Waals surface area contributed by atoms with Gasteiger partial charge in [0, 0.05) is 6.07 Å². The number of amides is 1. The minimum absolute atomic E-state index is 0.0197. The van der Waals surface area contributed by atoms with Crippen LogP contribution in [0.3, 0.4) is 0 Å². The molecule has 3 rings (SSSR count). The lowest BCUT2D eigenvalue weighted by molar-refractivity contribution is 0.0995. The number of thiophene rings is 1. The zero-order valence-corrected chi connectivity index (χ0v) is 13.0. The Labute approximate surface area is 135 Å². The fourth-order valence-electron chi connectivity index (χ4n) is 1.91. The number of primary amides is 1. The van der Waals surface area contributed by atoms with Crippen molar-refractivity contribution in [3.8, 4) is 22.2 Å². The van der Waals surface area contributed by atoms with Crippen molar-refractivity contribution in [2.24, 2.45) is 5.73 Å². The molecule has 2 heterocycles. The summed E-state index contributed by atoms with van der Waals surface area (Å²) < 4.78 is 15.8. The summed E-state index contributed by atoms with van der Waals surface area (Å²) in [5.74, 6) is 1.06. The molecular weight excluding hydrogens is 318 g/mol. The van der Waals surface area contributed by atoms with Crippen LogP contribution < -0.4 is 15.2 Å². The molecule has 0 saturated carbocycles. The van der Waals surface area contributed by atoms with Crippen molar-refractivity contribution in [1.82, 2.24) is 10.1 Å². The fraction of sp³-hybridized carbons (Fsp3) is 0.133. The molecule has 0 fully saturated rings. The Bertz CT molecular complexity index is 814. The molecule has 0 bridgehead atoms. The summed E-state index contributed by atoms with van der Waals surface area (Å²) in [6.07, 6.45) is 0. The van der Waals surface area contributed by atoms with Gasteiger partial charge < -0.3 is 19.7 Å². The van der Waals surface area contributed by atoms with Crippen LogP contribution in [0.25, 0.3) is 10.7 Å². The van der Waals surface area contributed by atoms with Gasteiger partial charge in [-0.3, -0.25) is 4.79 Å². The van der Waals surface area contributed by atoms with Crippen LogP contribution in [0.5, 0.6) is 11.5 Å². The first-order valence-corrected chi connectivity index (χ1v) is 7.52.